The van der Waals surface area contributed by atoms with Crippen molar-refractivity contribution >= 4 is 32.8 Å². The van der Waals surface area contributed by atoms with Crippen molar-refractivity contribution in [3.8, 4) is 0 Å². The molecule has 3 N–H and O–H groups in total. The van der Waals surface area contributed by atoms with E-state index in [2.05, 4.69) is 61.2 Å². The van der Waals surface area contributed by atoms with Crippen molar-refractivity contribution < 1.29 is 22.4 Å². The molecule has 11 nitrogen and oxygen atoms in total. The number of alkyl halides is 4. The summed E-state index contributed by atoms with van der Waals surface area (Å²) in [4.78, 5) is 22.3. The van der Waals surface area contributed by atoms with Crippen LogP contribution in [0.3, 0.4) is 0 Å². The lowest BCUT2D eigenvalue weighted by Crippen LogP contribution is -2.49. The Labute approximate surface area is 301 Å². The first kappa shape index (κ1) is 40.6. The monoisotopic (exact) mass is 738 g/mol. The van der Waals surface area contributed by atoms with E-state index in [4.69, 9.17) is 15.1 Å². The number of anilines is 1. The first-order valence-electron chi connectivity index (χ1n) is 18.1. The van der Waals surface area contributed by atoms with E-state index >= 15 is 0 Å². The number of aryl methyl sites for hydroxylation is 2. The summed E-state index contributed by atoms with van der Waals surface area (Å²) in [6.07, 6.45) is 8.00. The highest BCUT2D eigenvalue weighted by molar-refractivity contribution is 7.18. The Morgan fingerprint density at radius 3 is 2.53 bits per heavy atom. The highest BCUT2D eigenvalue weighted by Crippen LogP contribution is 2.43. The lowest BCUT2D eigenvalue weighted by Gasteiger charge is -2.34. The highest BCUT2D eigenvalue weighted by atomic mass is 31.0. The number of amides is 1. The summed E-state index contributed by atoms with van der Waals surface area (Å²) in [6.45, 7) is 11.3. The maximum absolute atomic E-state index is 14.2. The van der Waals surface area contributed by atoms with Crippen molar-refractivity contribution in [2.45, 2.75) is 116 Å². The Hall–Kier alpha value is -3.16. The van der Waals surface area contributed by atoms with E-state index in [1.165, 1.54) is 25.0 Å². The van der Waals surface area contributed by atoms with Crippen LogP contribution in [0.4, 0.5) is 23.4 Å². The summed E-state index contributed by atoms with van der Waals surface area (Å²) in [5.74, 6) is 1.56. The number of nitrogens with one attached hydrogen (secondary N) is 3. The standard InChI is InChI=1S/C19H31FN7P.C10H14N2.C6H10F3NO/c1-12-10-26(9-8-22-12)17-13(2)25-27-11-15(23-18(27)24-17)16(21-3)14-4-6-19(20,28)7-5-14;1-2-12-10(6-7-11-12)8-9-4-3-5-9;1-2-5(11)10-4-3-6(7,8)9/h11-12,14,16,21-22H,4-10,28H2,1-3H3;6-8H,2-5H2,1H3;2-4H2,1H3,(H,10,11)/t12-,14?,16?,19?;;/m0../s1. The fourth-order valence-corrected chi connectivity index (χ4v) is 6.83. The molecule has 3 aliphatic rings. The third kappa shape index (κ3) is 12.2. The van der Waals surface area contributed by atoms with E-state index in [1.54, 1.807) is 17.0 Å². The fraction of sp³-hybridized carbons (Fsp3) is 0.686. The summed E-state index contributed by atoms with van der Waals surface area (Å²) in [7, 11) is 4.33. The summed E-state index contributed by atoms with van der Waals surface area (Å²) >= 11 is 0. The summed E-state index contributed by atoms with van der Waals surface area (Å²) in [5, 5.41) is 16.8. The SMILES string of the molecule is CCC(=O)NCCC(F)(F)F.CCn1nccc1C=C1CCC1.CNC(c1cn2nc(C)c(N3CCN[C@@H](C)C3)nc2n1)C1CCC(F)(P)CC1. The number of allylic oxidation sites excluding steroid dienone is 1. The van der Waals surface area contributed by atoms with E-state index in [1.807, 2.05) is 31.0 Å². The molecule has 16 heteroatoms. The van der Waals surface area contributed by atoms with Crippen LogP contribution < -0.4 is 20.9 Å². The van der Waals surface area contributed by atoms with Crippen LogP contribution in [0.2, 0.25) is 0 Å². The first-order chi connectivity index (χ1) is 24.2. The van der Waals surface area contributed by atoms with Gasteiger partial charge in [-0.05, 0) is 90.8 Å². The van der Waals surface area contributed by atoms with Crippen molar-refractivity contribution in [2.75, 3.05) is 38.1 Å². The van der Waals surface area contributed by atoms with Crippen LogP contribution in [0.5, 0.6) is 0 Å². The third-order valence-electron chi connectivity index (χ3n) is 9.56. The molecule has 3 atom stereocenters. The molecule has 6 rings (SSSR count). The molecule has 4 heterocycles. The fourth-order valence-electron chi connectivity index (χ4n) is 6.50. The molecule has 0 radical (unpaired) electrons. The van der Waals surface area contributed by atoms with Crippen molar-refractivity contribution in [3.63, 3.8) is 0 Å². The van der Waals surface area contributed by atoms with Gasteiger partial charge in [-0.25, -0.2) is 13.9 Å². The highest BCUT2D eigenvalue weighted by Gasteiger charge is 2.35. The topological polar surface area (TPSA) is 117 Å². The molecule has 0 spiro atoms. The quantitative estimate of drug-likeness (QED) is 0.177. The van der Waals surface area contributed by atoms with Crippen LogP contribution in [0.1, 0.15) is 102 Å². The number of aromatic nitrogens is 6. The number of piperazine rings is 1. The number of fused-ring (bicyclic) bond motifs is 1. The number of carbonyl (C=O) groups is 1. The number of rotatable bonds is 9. The van der Waals surface area contributed by atoms with Crippen molar-refractivity contribution in [1.29, 1.82) is 0 Å². The average Bonchev–Trinajstić information content (AvgIpc) is 3.69. The number of nitrogens with zero attached hydrogens (tertiary/aromatic N) is 7. The zero-order chi connectivity index (χ0) is 37.2. The number of hydrogen-bond donors (Lipinski definition) is 3. The molecular formula is C35H55F4N10OP. The van der Waals surface area contributed by atoms with Gasteiger partial charge in [0.1, 0.15) is 11.1 Å². The van der Waals surface area contributed by atoms with Crippen molar-refractivity contribution in [2.24, 2.45) is 5.92 Å². The van der Waals surface area contributed by atoms with Gasteiger partial charge in [-0.1, -0.05) is 21.7 Å². The van der Waals surface area contributed by atoms with E-state index in [0.29, 0.717) is 30.6 Å². The van der Waals surface area contributed by atoms with Crippen LogP contribution in [0.15, 0.2) is 24.0 Å². The van der Waals surface area contributed by atoms with Gasteiger partial charge in [0.15, 0.2) is 5.82 Å². The van der Waals surface area contributed by atoms with E-state index in [9.17, 15) is 22.4 Å². The summed E-state index contributed by atoms with van der Waals surface area (Å²) in [5.41, 5.74) is 4.68. The number of imidazole rings is 1. The van der Waals surface area contributed by atoms with Crippen molar-refractivity contribution in [3.05, 3.63) is 41.1 Å². The van der Waals surface area contributed by atoms with Crippen LogP contribution in [0, 0.1) is 12.8 Å². The summed E-state index contributed by atoms with van der Waals surface area (Å²) in [6, 6.07) is 2.60. The maximum Gasteiger partial charge on any atom is 0.390 e. The second kappa shape index (κ2) is 18.6. The predicted octanol–water partition coefficient (Wildman–Crippen LogP) is 6.16. The second-order valence-electron chi connectivity index (χ2n) is 13.7. The molecule has 2 aliphatic carbocycles. The van der Waals surface area contributed by atoms with Gasteiger partial charge in [0.05, 0.1) is 30.0 Å². The van der Waals surface area contributed by atoms with Gasteiger partial charge in [0, 0.05) is 51.4 Å². The third-order valence-corrected chi connectivity index (χ3v) is 10.1. The van der Waals surface area contributed by atoms with E-state index in [0.717, 1.165) is 56.2 Å². The van der Waals surface area contributed by atoms with Gasteiger partial charge in [-0.3, -0.25) is 9.48 Å². The molecule has 2 unspecified atom stereocenters. The van der Waals surface area contributed by atoms with Crippen LogP contribution in [0.25, 0.3) is 11.9 Å². The van der Waals surface area contributed by atoms with Crippen LogP contribution >= 0.6 is 9.24 Å². The van der Waals surface area contributed by atoms with Crippen LogP contribution in [-0.2, 0) is 11.3 Å². The Bertz CT molecular complexity index is 1570. The minimum atomic E-state index is -4.18. The molecule has 1 saturated heterocycles. The Balaban J connectivity index is 0.000000209. The smallest absolute Gasteiger partial charge is 0.356 e. The lowest BCUT2D eigenvalue weighted by molar-refractivity contribution is -0.135. The zero-order valence-corrected chi connectivity index (χ0v) is 31.7. The molecule has 51 heavy (non-hydrogen) atoms. The molecule has 3 aromatic heterocycles. The van der Waals surface area contributed by atoms with E-state index < -0.39 is 18.0 Å². The Kier molecular flexibility index (Phi) is 14.8. The van der Waals surface area contributed by atoms with Gasteiger partial charge in [0.25, 0.3) is 5.78 Å². The van der Waals surface area contributed by atoms with Gasteiger partial charge in [0.2, 0.25) is 5.91 Å². The number of halogens is 4. The minimum absolute atomic E-state index is 0.0903. The first-order valence-corrected chi connectivity index (χ1v) is 18.7. The molecular weight excluding hydrogens is 683 g/mol. The number of hydrogen-bond acceptors (Lipinski definition) is 8. The molecule has 0 bridgehead atoms. The lowest BCUT2D eigenvalue weighted by atomic mass is 9.81. The molecule has 0 aromatic carbocycles. The normalized spacial score (nSPS) is 22.6. The zero-order valence-electron chi connectivity index (χ0n) is 30.6. The molecule has 1 aliphatic heterocycles. The largest absolute Gasteiger partial charge is 0.390 e. The van der Waals surface area contributed by atoms with Crippen molar-refractivity contribution in [1.82, 2.24) is 45.3 Å². The Morgan fingerprint density at radius 1 is 1.22 bits per heavy atom. The van der Waals surface area contributed by atoms with E-state index in [-0.39, 0.29) is 24.9 Å². The predicted molar refractivity (Wildman–Crippen MR) is 196 cm³/mol. The van der Waals surface area contributed by atoms with Gasteiger partial charge < -0.3 is 20.9 Å². The molecule has 1 amide bonds. The molecule has 284 valence electrons. The van der Waals surface area contributed by atoms with Crippen LogP contribution in [-0.4, -0.2) is 86.1 Å². The summed E-state index contributed by atoms with van der Waals surface area (Å²) < 4.78 is 52.4. The minimum Gasteiger partial charge on any atom is -0.356 e. The van der Waals surface area contributed by atoms with Gasteiger partial charge in [-0.2, -0.15) is 28.4 Å². The van der Waals surface area contributed by atoms with Gasteiger partial charge >= 0.3 is 6.18 Å². The second-order valence-corrected chi connectivity index (χ2v) is 14.7. The maximum atomic E-state index is 14.2. The van der Waals surface area contributed by atoms with Gasteiger partial charge in [-0.15, -0.1) is 0 Å². The molecule has 3 fully saturated rings. The number of carbonyl (C=O) groups excluding carboxylic acids is 1. The Morgan fingerprint density at radius 2 is 1.94 bits per heavy atom. The average molecular weight is 739 g/mol. The molecule has 2 saturated carbocycles. The molecule has 3 aromatic rings.